The Kier molecular flexibility index (Phi) is 3.62. The molecule has 1 fully saturated rings. The van der Waals surface area contributed by atoms with E-state index in [1.54, 1.807) is 0 Å². The third-order valence-corrected chi connectivity index (χ3v) is 3.50. The number of aryl methyl sites for hydroxylation is 2. The number of hydrogen-bond acceptors (Lipinski definition) is 2. The van der Waals surface area contributed by atoms with Crippen LogP contribution in [-0.2, 0) is 4.74 Å². The zero-order valence-electron chi connectivity index (χ0n) is 10.2. The Balaban J connectivity index is 2.18. The maximum absolute atomic E-state index is 6.36. The Morgan fingerprint density at radius 2 is 2.19 bits per heavy atom. The molecule has 2 N–H and O–H groups in total. The molecule has 0 spiro atoms. The van der Waals surface area contributed by atoms with E-state index in [1.807, 2.05) is 0 Å². The maximum Gasteiger partial charge on any atom is 0.0512 e. The van der Waals surface area contributed by atoms with E-state index in [0.29, 0.717) is 5.92 Å². The van der Waals surface area contributed by atoms with E-state index in [4.69, 9.17) is 10.5 Å². The second-order valence-electron chi connectivity index (χ2n) is 4.86. The molecule has 16 heavy (non-hydrogen) atoms. The third-order valence-electron chi connectivity index (χ3n) is 3.50. The molecule has 2 unspecified atom stereocenters. The van der Waals surface area contributed by atoms with Crippen molar-refractivity contribution in [1.29, 1.82) is 0 Å². The van der Waals surface area contributed by atoms with Crippen LogP contribution in [0.4, 0.5) is 0 Å². The Labute approximate surface area is 97.8 Å². The number of benzene rings is 1. The lowest BCUT2D eigenvalue weighted by molar-refractivity contribution is 0.0447. The Morgan fingerprint density at radius 3 is 2.88 bits per heavy atom. The van der Waals surface area contributed by atoms with Crippen LogP contribution in [-0.4, -0.2) is 13.2 Å². The van der Waals surface area contributed by atoms with Gasteiger partial charge in [0.05, 0.1) is 6.61 Å². The van der Waals surface area contributed by atoms with Crippen molar-refractivity contribution in [2.75, 3.05) is 13.2 Å². The van der Waals surface area contributed by atoms with Gasteiger partial charge in [0.2, 0.25) is 0 Å². The third kappa shape index (κ3) is 2.45. The van der Waals surface area contributed by atoms with Crippen molar-refractivity contribution in [2.45, 2.75) is 32.7 Å². The fourth-order valence-corrected chi connectivity index (χ4v) is 2.42. The van der Waals surface area contributed by atoms with Crippen molar-refractivity contribution in [1.82, 2.24) is 0 Å². The number of ether oxygens (including phenoxy) is 1. The highest BCUT2D eigenvalue weighted by molar-refractivity contribution is 5.33. The van der Waals surface area contributed by atoms with E-state index in [1.165, 1.54) is 23.1 Å². The molecule has 2 heteroatoms. The molecule has 2 rings (SSSR count). The van der Waals surface area contributed by atoms with E-state index >= 15 is 0 Å². The van der Waals surface area contributed by atoms with Crippen molar-refractivity contribution in [3.63, 3.8) is 0 Å². The van der Waals surface area contributed by atoms with Gasteiger partial charge >= 0.3 is 0 Å². The van der Waals surface area contributed by atoms with Gasteiger partial charge in [0.1, 0.15) is 0 Å². The summed E-state index contributed by atoms with van der Waals surface area (Å²) >= 11 is 0. The van der Waals surface area contributed by atoms with E-state index in [-0.39, 0.29) is 6.04 Å². The van der Waals surface area contributed by atoms with Gasteiger partial charge in [0.25, 0.3) is 0 Å². The average molecular weight is 219 g/mol. The van der Waals surface area contributed by atoms with Crippen LogP contribution < -0.4 is 5.73 Å². The van der Waals surface area contributed by atoms with Crippen LogP contribution in [0.25, 0.3) is 0 Å². The van der Waals surface area contributed by atoms with Crippen molar-refractivity contribution in [2.24, 2.45) is 11.7 Å². The summed E-state index contributed by atoms with van der Waals surface area (Å²) in [6.45, 7) is 5.97. The van der Waals surface area contributed by atoms with Crippen LogP contribution in [0.1, 0.15) is 35.6 Å². The number of rotatable bonds is 2. The second-order valence-corrected chi connectivity index (χ2v) is 4.86. The molecular formula is C14H21NO. The highest BCUT2D eigenvalue weighted by atomic mass is 16.5. The number of hydrogen-bond donors (Lipinski definition) is 1. The van der Waals surface area contributed by atoms with Crippen LogP contribution in [0.15, 0.2) is 18.2 Å². The first-order valence-corrected chi connectivity index (χ1v) is 6.09. The van der Waals surface area contributed by atoms with Crippen LogP contribution >= 0.6 is 0 Å². The zero-order valence-corrected chi connectivity index (χ0v) is 10.2. The molecule has 1 heterocycles. The summed E-state index contributed by atoms with van der Waals surface area (Å²) in [6.07, 6.45) is 2.33. The smallest absolute Gasteiger partial charge is 0.0512 e. The van der Waals surface area contributed by atoms with Gasteiger partial charge in [-0.15, -0.1) is 0 Å². The molecule has 1 aliphatic heterocycles. The molecular weight excluding hydrogens is 198 g/mol. The molecule has 0 amide bonds. The van der Waals surface area contributed by atoms with Crippen molar-refractivity contribution < 1.29 is 4.74 Å². The predicted octanol–water partition coefficient (Wildman–Crippen LogP) is 2.73. The molecule has 88 valence electrons. The minimum atomic E-state index is 0.125. The molecule has 0 aliphatic carbocycles. The van der Waals surface area contributed by atoms with Gasteiger partial charge < -0.3 is 10.5 Å². The fraction of sp³-hybridized carbons (Fsp3) is 0.571. The van der Waals surface area contributed by atoms with Crippen LogP contribution in [0.3, 0.4) is 0 Å². The van der Waals surface area contributed by atoms with Gasteiger partial charge in [-0.05, 0) is 37.8 Å². The van der Waals surface area contributed by atoms with Crippen molar-refractivity contribution in [3.05, 3.63) is 34.9 Å². The molecule has 0 aromatic heterocycles. The first-order chi connectivity index (χ1) is 7.68. The van der Waals surface area contributed by atoms with E-state index < -0.39 is 0 Å². The summed E-state index contributed by atoms with van der Waals surface area (Å²) in [6, 6.07) is 6.64. The first kappa shape index (κ1) is 11.6. The van der Waals surface area contributed by atoms with E-state index in [9.17, 15) is 0 Å². The highest BCUT2D eigenvalue weighted by Crippen LogP contribution is 2.29. The normalized spacial score (nSPS) is 23.1. The van der Waals surface area contributed by atoms with Gasteiger partial charge in [-0.25, -0.2) is 0 Å². The van der Waals surface area contributed by atoms with Crippen molar-refractivity contribution in [3.8, 4) is 0 Å². The predicted molar refractivity (Wildman–Crippen MR) is 66.4 cm³/mol. The monoisotopic (exact) mass is 219 g/mol. The summed E-state index contributed by atoms with van der Waals surface area (Å²) in [4.78, 5) is 0. The summed E-state index contributed by atoms with van der Waals surface area (Å²) in [5.74, 6) is 0.481. The van der Waals surface area contributed by atoms with E-state index in [0.717, 1.165) is 19.6 Å². The Bertz CT molecular complexity index is 356. The van der Waals surface area contributed by atoms with Crippen LogP contribution in [0.2, 0.25) is 0 Å². The van der Waals surface area contributed by atoms with Crippen LogP contribution in [0, 0.1) is 19.8 Å². The van der Waals surface area contributed by atoms with E-state index in [2.05, 4.69) is 32.0 Å². The molecule has 2 atom stereocenters. The molecule has 0 bridgehead atoms. The second kappa shape index (κ2) is 4.98. The summed E-state index contributed by atoms with van der Waals surface area (Å²) in [7, 11) is 0. The number of nitrogens with two attached hydrogens (primary N) is 1. The fourth-order valence-electron chi connectivity index (χ4n) is 2.42. The lowest BCUT2D eigenvalue weighted by Gasteiger charge is -2.29. The molecule has 0 saturated carbocycles. The maximum atomic E-state index is 6.36. The summed E-state index contributed by atoms with van der Waals surface area (Å²) in [5.41, 5.74) is 10.2. The zero-order chi connectivity index (χ0) is 11.5. The molecule has 1 aliphatic rings. The van der Waals surface area contributed by atoms with Crippen LogP contribution in [0.5, 0.6) is 0 Å². The Morgan fingerprint density at radius 1 is 1.38 bits per heavy atom. The first-order valence-electron chi connectivity index (χ1n) is 6.09. The minimum Gasteiger partial charge on any atom is -0.381 e. The quantitative estimate of drug-likeness (QED) is 0.830. The molecule has 0 radical (unpaired) electrons. The topological polar surface area (TPSA) is 35.2 Å². The summed E-state index contributed by atoms with van der Waals surface area (Å²) in [5, 5.41) is 0. The molecule has 1 aromatic carbocycles. The van der Waals surface area contributed by atoms with Gasteiger partial charge in [0, 0.05) is 18.6 Å². The lowest BCUT2D eigenvalue weighted by atomic mass is 9.87. The standard InChI is InChI=1S/C14H21NO/c1-10-5-6-11(2)13(8-10)14(15)12-4-3-7-16-9-12/h5-6,8,12,14H,3-4,7,9,15H2,1-2H3. The van der Waals surface area contributed by atoms with Gasteiger partial charge in [-0.1, -0.05) is 23.8 Å². The largest absolute Gasteiger partial charge is 0.381 e. The van der Waals surface area contributed by atoms with Gasteiger partial charge in [-0.3, -0.25) is 0 Å². The summed E-state index contributed by atoms with van der Waals surface area (Å²) < 4.78 is 5.51. The lowest BCUT2D eigenvalue weighted by Crippen LogP contribution is -2.29. The molecule has 1 aromatic rings. The van der Waals surface area contributed by atoms with Gasteiger partial charge in [-0.2, -0.15) is 0 Å². The minimum absolute atomic E-state index is 0.125. The van der Waals surface area contributed by atoms with Gasteiger partial charge in [0.15, 0.2) is 0 Å². The average Bonchev–Trinajstić information content (AvgIpc) is 2.32. The molecule has 1 saturated heterocycles. The SMILES string of the molecule is Cc1ccc(C)c(C(N)C2CCCOC2)c1. The Hall–Kier alpha value is -0.860. The molecule has 2 nitrogen and oxygen atoms in total. The van der Waals surface area contributed by atoms with Crippen molar-refractivity contribution >= 4 is 0 Å². The highest BCUT2D eigenvalue weighted by Gasteiger charge is 2.23.